The van der Waals surface area contributed by atoms with E-state index in [9.17, 15) is 4.79 Å². The molecule has 1 aromatic heterocycles. The number of amides is 1. The SMILES string of the molecule is CNCCCNC(=O)c1nc(C(C)C)ncc1Cl. The van der Waals surface area contributed by atoms with Crippen LogP contribution in [0.2, 0.25) is 5.02 Å². The molecule has 0 unspecified atom stereocenters. The van der Waals surface area contributed by atoms with Gasteiger partial charge in [-0.05, 0) is 20.0 Å². The third-order valence-corrected chi connectivity index (χ3v) is 2.66. The maximum absolute atomic E-state index is 11.9. The minimum atomic E-state index is -0.250. The first-order valence-electron chi connectivity index (χ1n) is 6.01. The molecular formula is C12H19ClN4O. The first kappa shape index (κ1) is 14.9. The van der Waals surface area contributed by atoms with Crippen molar-refractivity contribution in [2.75, 3.05) is 20.1 Å². The van der Waals surface area contributed by atoms with Crippen LogP contribution < -0.4 is 10.6 Å². The van der Waals surface area contributed by atoms with Gasteiger partial charge in [-0.2, -0.15) is 0 Å². The normalized spacial score (nSPS) is 10.7. The maximum Gasteiger partial charge on any atom is 0.271 e. The summed E-state index contributed by atoms with van der Waals surface area (Å²) in [5.41, 5.74) is 0.250. The molecule has 1 amide bonds. The van der Waals surface area contributed by atoms with Gasteiger partial charge in [-0.1, -0.05) is 25.4 Å². The van der Waals surface area contributed by atoms with Crippen molar-refractivity contribution in [2.24, 2.45) is 0 Å². The molecule has 5 nitrogen and oxygen atoms in total. The van der Waals surface area contributed by atoms with Gasteiger partial charge in [-0.25, -0.2) is 9.97 Å². The van der Waals surface area contributed by atoms with Crippen LogP contribution in [0.1, 0.15) is 42.5 Å². The largest absolute Gasteiger partial charge is 0.351 e. The van der Waals surface area contributed by atoms with E-state index in [4.69, 9.17) is 11.6 Å². The number of halogens is 1. The van der Waals surface area contributed by atoms with Gasteiger partial charge >= 0.3 is 0 Å². The molecule has 0 radical (unpaired) electrons. The lowest BCUT2D eigenvalue weighted by molar-refractivity contribution is 0.0948. The summed E-state index contributed by atoms with van der Waals surface area (Å²) in [6, 6.07) is 0. The molecule has 0 fully saturated rings. The number of rotatable bonds is 6. The van der Waals surface area contributed by atoms with E-state index in [-0.39, 0.29) is 22.5 Å². The number of nitrogens with zero attached hydrogens (tertiary/aromatic N) is 2. The molecule has 0 aromatic carbocycles. The quantitative estimate of drug-likeness (QED) is 0.771. The van der Waals surface area contributed by atoms with Crippen molar-refractivity contribution in [3.8, 4) is 0 Å². The lowest BCUT2D eigenvalue weighted by Gasteiger charge is -2.08. The van der Waals surface area contributed by atoms with Crippen LogP contribution in [0.15, 0.2) is 6.20 Å². The minimum absolute atomic E-state index is 0.165. The fourth-order valence-electron chi connectivity index (χ4n) is 1.37. The molecule has 6 heteroatoms. The molecule has 0 atom stereocenters. The Kier molecular flexibility index (Phi) is 6.01. The van der Waals surface area contributed by atoms with Crippen LogP contribution in [-0.2, 0) is 0 Å². The topological polar surface area (TPSA) is 66.9 Å². The predicted octanol–water partition coefficient (Wildman–Crippen LogP) is 1.59. The third kappa shape index (κ3) is 4.23. The van der Waals surface area contributed by atoms with Crippen molar-refractivity contribution in [2.45, 2.75) is 26.2 Å². The highest BCUT2D eigenvalue weighted by Crippen LogP contribution is 2.16. The van der Waals surface area contributed by atoms with Gasteiger partial charge in [0, 0.05) is 12.5 Å². The van der Waals surface area contributed by atoms with Gasteiger partial charge in [-0.15, -0.1) is 0 Å². The Morgan fingerprint density at radius 1 is 1.44 bits per heavy atom. The monoisotopic (exact) mass is 270 g/mol. The molecule has 1 heterocycles. The van der Waals surface area contributed by atoms with Gasteiger partial charge in [0.1, 0.15) is 11.5 Å². The zero-order chi connectivity index (χ0) is 13.5. The third-order valence-electron chi connectivity index (χ3n) is 2.38. The Hall–Kier alpha value is -1.20. The minimum Gasteiger partial charge on any atom is -0.351 e. The van der Waals surface area contributed by atoms with Gasteiger partial charge in [0.2, 0.25) is 0 Å². The molecule has 0 spiro atoms. The second kappa shape index (κ2) is 7.28. The molecule has 0 aliphatic carbocycles. The summed E-state index contributed by atoms with van der Waals surface area (Å²) >= 11 is 5.94. The standard InChI is InChI=1S/C12H19ClN4O/c1-8(2)11-16-7-9(13)10(17-11)12(18)15-6-4-5-14-3/h7-8,14H,4-6H2,1-3H3,(H,15,18). The van der Waals surface area contributed by atoms with Crippen LogP contribution >= 0.6 is 11.6 Å². The first-order chi connectivity index (χ1) is 8.56. The molecule has 1 rings (SSSR count). The summed E-state index contributed by atoms with van der Waals surface area (Å²) in [5, 5.41) is 6.08. The van der Waals surface area contributed by atoms with Crippen molar-refractivity contribution in [1.82, 2.24) is 20.6 Å². The van der Waals surface area contributed by atoms with Gasteiger partial charge in [-0.3, -0.25) is 4.79 Å². The zero-order valence-electron chi connectivity index (χ0n) is 11.0. The Morgan fingerprint density at radius 3 is 2.78 bits per heavy atom. The van der Waals surface area contributed by atoms with Gasteiger partial charge in [0.05, 0.1) is 11.2 Å². The number of aromatic nitrogens is 2. The number of carbonyl (C=O) groups excluding carboxylic acids is 1. The van der Waals surface area contributed by atoms with E-state index in [1.807, 2.05) is 20.9 Å². The highest BCUT2D eigenvalue weighted by molar-refractivity contribution is 6.33. The summed E-state index contributed by atoms with van der Waals surface area (Å²) in [6.45, 7) is 5.39. The second-order valence-electron chi connectivity index (χ2n) is 4.29. The molecule has 100 valence electrons. The maximum atomic E-state index is 11.9. The summed E-state index contributed by atoms with van der Waals surface area (Å²) in [4.78, 5) is 20.2. The lowest BCUT2D eigenvalue weighted by Crippen LogP contribution is -2.28. The van der Waals surface area contributed by atoms with Gasteiger partial charge < -0.3 is 10.6 Å². The molecule has 0 saturated carbocycles. The van der Waals surface area contributed by atoms with Crippen LogP contribution in [0.4, 0.5) is 0 Å². The second-order valence-corrected chi connectivity index (χ2v) is 4.70. The molecule has 0 aliphatic heterocycles. The highest BCUT2D eigenvalue weighted by atomic mass is 35.5. The van der Waals surface area contributed by atoms with Crippen molar-refractivity contribution in [3.05, 3.63) is 22.7 Å². The molecule has 0 bridgehead atoms. The fourth-order valence-corrected chi connectivity index (χ4v) is 1.55. The van der Waals surface area contributed by atoms with E-state index in [2.05, 4.69) is 20.6 Å². The Morgan fingerprint density at radius 2 is 2.17 bits per heavy atom. The number of hydrogen-bond donors (Lipinski definition) is 2. The lowest BCUT2D eigenvalue weighted by atomic mass is 10.2. The van der Waals surface area contributed by atoms with Crippen LogP contribution in [0.25, 0.3) is 0 Å². The summed E-state index contributed by atoms with van der Waals surface area (Å²) in [5.74, 6) is 0.540. The van der Waals surface area contributed by atoms with Crippen molar-refractivity contribution < 1.29 is 4.79 Å². The van der Waals surface area contributed by atoms with Crippen LogP contribution in [0.5, 0.6) is 0 Å². The highest BCUT2D eigenvalue weighted by Gasteiger charge is 2.14. The van der Waals surface area contributed by atoms with Crippen LogP contribution in [0, 0.1) is 0 Å². The van der Waals surface area contributed by atoms with Gasteiger partial charge in [0.25, 0.3) is 5.91 Å². The van der Waals surface area contributed by atoms with E-state index >= 15 is 0 Å². The predicted molar refractivity (Wildman–Crippen MR) is 72.0 cm³/mol. The average molecular weight is 271 g/mol. The van der Waals surface area contributed by atoms with E-state index in [1.54, 1.807) is 0 Å². The van der Waals surface area contributed by atoms with E-state index in [1.165, 1.54) is 6.20 Å². The summed E-state index contributed by atoms with van der Waals surface area (Å²) in [7, 11) is 1.87. The number of hydrogen-bond acceptors (Lipinski definition) is 4. The van der Waals surface area contributed by atoms with Crippen LogP contribution in [-0.4, -0.2) is 36.0 Å². The number of nitrogens with one attached hydrogen (secondary N) is 2. The van der Waals surface area contributed by atoms with E-state index in [0.29, 0.717) is 12.4 Å². The van der Waals surface area contributed by atoms with Crippen molar-refractivity contribution in [1.29, 1.82) is 0 Å². The molecule has 2 N–H and O–H groups in total. The molecule has 0 aliphatic rings. The first-order valence-corrected chi connectivity index (χ1v) is 6.39. The van der Waals surface area contributed by atoms with Gasteiger partial charge in [0.15, 0.2) is 0 Å². The molecule has 1 aromatic rings. The Labute approximate surface area is 112 Å². The zero-order valence-corrected chi connectivity index (χ0v) is 11.7. The molecular weight excluding hydrogens is 252 g/mol. The molecule has 0 saturated heterocycles. The van der Waals surface area contributed by atoms with E-state index < -0.39 is 0 Å². The smallest absolute Gasteiger partial charge is 0.271 e. The Bertz CT molecular complexity index is 409. The summed E-state index contributed by atoms with van der Waals surface area (Å²) in [6.07, 6.45) is 2.34. The average Bonchev–Trinajstić information content (AvgIpc) is 2.34. The fraction of sp³-hybridized carbons (Fsp3) is 0.583. The number of carbonyl (C=O) groups is 1. The molecule has 18 heavy (non-hydrogen) atoms. The van der Waals surface area contributed by atoms with Crippen molar-refractivity contribution in [3.63, 3.8) is 0 Å². The van der Waals surface area contributed by atoms with Crippen LogP contribution in [0.3, 0.4) is 0 Å². The Balaban J connectivity index is 2.69. The summed E-state index contributed by atoms with van der Waals surface area (Å²) < 4.78 is 0. The van der Waals surface area contributed by atoms with Crippen molar-refractivity contribution >= 4 is 17.5 Å². The van der Waals surface area contributed by atoms with E-state index in [0.717, 1.165) is 13.0 Å².